The van der Waals surface area contributed by atoms with E-state index in [4.69, 9.17) is 14.6 Å². The molecule has 4 aliphatic rings. The molecule has 5 heterocycles. The lowest BCUT2D eigenvalue weighted by Gasteiger charge is -2.35. The van der Waals surface area contributed by atoms with Gasteiger partial charge in [-0.25, -0.2) is 4.68 Å². The molecule has 6 rings (SSSR count). The fourth-order valence-corrected chi connectivity index (χ4v) is 6.45. The number of nitrogens with zero attached hydrogens (tertiary/aromatic N) is 5. The molecule has 1 N–H and O–H groups in total. The largest absolute Gasteiger partial charge is 0.465 e. The van der Waals surface area contributed by atoms with Crippen molar-refractivity contribution in [3.63, 3.8) is 0 Å². The van der Waals surface area contributed by atoms with Gasteiger partial charge in [-0.05, 0) is 31.4 Å². The Bertz CT molecular complexity index is 1320. The minimum Gasteiger partial charge on any atom is -0.465 e. The van der Waals surface area contributed by atoms with E-state index in [0.717, 1.165) is 23.9 Å². The molecule has 1 aromatic heterocycles. The Hall–Kier alpha value is -3.57. The molecule has 0 saturated carbocycles. The third kappa shape index (κ3) is 4.33. The summed E-state index contributed by atoms with van der Waals surface area (Å²) in [6, 6.07) is 6.62. The summed E-state index contributed by atoms with van der Waals surface area (Å²) in [6.45, 7) is 1.19. The fourth-order valence-electron chi connectivity index (χ4n) is 6.45. The van der Waals surface area contributed by atoms with E-state index >= 15 is 0 Å². The highest BCUT2D eigenvalue weighted by Crippen LogP contribution is 2.53. The first kappa shape index (κ1) is 25.7. The van der Waals surface area contributed by atoms with Crippen LogP contribution in [0.4, 0.5) is 0 Å². The van der Waals surface area contributed by atoms with Gasteiger partial charge in [0.2, 0.25) is 5.91 Å². The van der Waals surface area contributed by atoms with Crippen LogP contribution in [0, 0.1) is 11.8 Å². The van der Waals surface area contributed by atoms with Crippen LogP contribution in [0.3, 0.4) is 0 Å². The van der Waals surface area contributed by atoms with Crippen molar-refractivity contribution < 1.29 is 29.0 Å². The lowest BCUT2D eigenvalue weighted by atomic mass is 9.78. The molecule has 5 atom stereocenters. The molecule has 11 heteroatoms. The number of aliphatic hydroxyl groups is 1. The molecule has 0 aliphatic carbocycles. The molecule has 0 radical (unpaired) electrons. The number of amides is 2. The van der Waals surface area contributed by atoms with Gasteiger partial charge in [-0.15, -0.1) is 5.10 Å². The number of cyclic esters (lactones) is 1. The van der Waals surface area contributed by atoms with E-state index in [1.165, 1.54) is 0 Å². The molecular weight excluding hydrogens is 502 g/mol. The lowest BCUT2D eigenvalue weighted by Crippen LogP contribution is -2.55. The Kier molecular flexibility index (Phi) is 6.94. The van der Waals surface area contributed by atoms with Gasteiger partial charge in [-0.3, -0.25) is 14.4 Å². The Morgan fingerprint density at radius 2 is 1.90 bits per heavy atom. The van der Waals surface area contributed by atoms with Gasteiger partial charge >= 0.3 is 5.97 Å². The zero-order valence-electron chi connectivity index (χ0n) is 21.7. The van der Waals surface area contributed by atoms with Crippen molar-refractivity contribution in [3.8, 4) is 0 Å². The summed E-state index contributed by atoms with van der Waals surface area (Å²) >= 11 is 0. The van der Waals surface area contributed by atoms with Gasteiger partial charge in [-0.1, -0.05) is 54.5 Å². The number of likely N-dealkylation sites (tertiary alicyclic amines) is 1. The number of aromatic nitrogens is 3. The van der Waals surface area contributed by atoms with E-state index in [1.807, 2.05) is 48.6 Å². The van der Waals surface area contributed by atoms with Crippen molar-refractivity contribution in [2.75, 3.05) is 26.3 Å². The van der Waals surface area contributed by atoms with Crippen LogP contribution >= 0.6 is 0 Å². The summed E-state index contributed by atoms with van der Waals surface area (Å²) in [5, 5.41) is 17.6. The van der Waals surface area contributed by atoms with E-state index in [0.29, 0.717) is 32.4 Å². The molecule has 206 valence electrons. The predicted octanol–water partition coefficient (Wildman–Crippen LogP) is 1.42. The topological polar surface area (TPSA) is 127 Å². The van der Waals surface area contributed by atoms with Crippen LogP contribution in [0.25, 0.3) is 11.0 Å². The number of hydrogen-bond donors (Lipinski definition) is 1. The van der Waals surface area contributed by atoms with Crippen LogP contribution in [0.1, 0.15) is 32.1 Å². The van der Waals surface area contributed by atoms with Crippen LogP contribution in [-0.2, 0) is 30.5 Å². The zero-order chi connectivity index (χ0) is 27.0. The highest BCUT2D eigenvalue weighted by Gasteiger charge is 2.71. The first-order chi connectivity index (χ1) is 19.0. The van der Waals surface area contributed by atoms with E-state index in [2.05, 4.69) is 10.3 Å². The second-order valence-electron chi connectivity index (χ2n) is 10.6. The number of fused-ring (bicyclic) bond motifs is 3. The highest BCUT2D eigenvalue weighted by molar-refractivity contribution is 5.99. The molecule has 1 spiro atoms. The van der Waals surface area contributed by atoms with Gasteiger partial charge < -0.3 is 24.4 Å². The lowest BCUT2D eigenvalue weighted by molar-refractivity contribution is -0.155. The van der Waals surface area contributed by atoms with E-state index in [-0.39, 0.29) is 31.7 Å². The van der Waals surface area contributed by atoms with Crippen molar-refractivity contribution in [1.82, 2.24) is 24.8 Å². The number of para-hydroxylation sites is 1. The van der Waals surface area contributed by atoms with E-state index in [9.17, 15) is 14.4 Å². The number of esters is 1. The maximum atomic E-state index is 14.3. The van der Waals surface area contributed by atoms with Crippen molar-refractivity contribution in [1.29, 1.82) is 0 Å². The number of unbranched alkanes of at least 4 members (excludes halogenated alkanes) is 3. The number of hydrogen-bond acceptors (Lipinski definition) is 8. The molecular formula is C28H33N5O6. The highest BCUT2D eigenvalue weighted by atomic mass is 16.6. The molecule has 1 aromatic carbocycles. The van der Waals surface area contributed by atoms with Crippen molar-refractivity contribution in [2.45, 2.75) is 56.5 Å². The second-order valence-corrected chi connectivity index (χ2v) is 10.6. The van der Waals surface area contributed by atoms with Crippen LogP contribution in [0.15, 0.2) is 48.6 Å². The summed E-state index contributed by atoms with van der Waals surface area (Å²) in [5.41, 5.74) is 0.257. The number of aliphatic hydroxyl groups excluding tert-OH is 1. The predicted molar refractivity (Wildman–Crippen MR) is 139 cm³/mol. The average Bonchev–Trinajstić information content (AvgIpc) is 3.51. The molecule has 2 amide bonds. The van der Waals surface area contributed by atoms with Crippen molar-refractivity contribution in [2.24, 2.45) is 11.8 Å². The number of benzene rings is 1. The maximum absolute atomic E-state index is 14.3. The summed E-state index contributed by atoms with van der Waals surface area (Å²) in [6.07, 6.45) is 10.4. The third-order valence-corrected chi connectivity index (χ3v) is 8.24. The normalized spacial score (nSPS) is 30.1. The molecule has 2 aromatic rings. The van der Waals surface area contributed by atoms with E-state index in [1.54, 1.807) is 14.5 Å². The Morgan fingerprint density at radius 1 is 1.05 bits per heavy atom. The monoisotopic (exact) mass is 535 g/mol. The molecule has 1 unspecified atom stereocenters. The van der Waals surface area contributed by atoms with Gasteiger partial charge in [0.25, 0.3) is 5.91 Å². The van der Waals surface area contributed by atoms with Crippen molar-refractivity contribution in [3.05, 3.63) is 48.6 Å². The first-order valence-corrected chi connectivity index (χ1v) is 13.7. The zero-order valence-corrected chi connectivity index (χ0v) is 21.7. The van der Waals surface area contributed by atoms with Crippen molar-refractivity contribution >= 4 is 28.8 Å². The first-order valence-electron chi connectivity index (χ1n) is 13.7. The van der Waals surface area contributed by atoms with Gasteiger partial charge in [0, 0.05) is 19.7 Å². The summed E-state index contributed by atoms with van der Waals surface area (Å²) in [5.74, 6) is -2.64. The molecule has 2 fully saturated rings. The van der Waals surface area contributed by atoms with Crippen LogP contribution in [-0.4, -0.2) is 91.7 Å². The van der Waals surface area contributed by atoms with E-state index < -0.39 is 35.6 Å². The SMILES string of the molecule is O=C1OCCC=C[C@H]2O[C@]34C=CCN(Cn5nnc6ccccc65)C(=O)C3N(CCCCCCO)C(=O)[C@@H]4[C@@H]12. The van der Waals surface area contributed by atoms with Crippen LogP contribution < -0.4 is 0 Å². The number of rotatable bonds is 8. The molecule has 2 saturated heterocycles. The van der Waals surface area contributed by atoms with Gasteiger partial charge in [0.05, 0.1) is 24.1 Å². The second kappa shape index (κ2) is 10.5. The quantitative estimate of drug-likeness (QED) is 0.306. The van der Waals surface area contributed by atoms with Gasteiger partial charge in [0.15, 0.2) is 0 Å². The Morgan fingerprint density at radius 3 is 2.77 bits per heavy atom. The number of carbonyl (C=O) groups excluding carboxylic acids is 3. The minimum absolute atomic E-state index is 0.123. The smallest absolute Gasteiger partial charge is 0.312 e. The third-order valence-electron chi connectivity index (χ3n) is 8.24. The Labute approximate surface area is 226 Å². The molecule has 0 bridgehead atoms. The maximum Gasteiger partial charge on any atom is 0.312 e. The van der Waals surface area contributed by atoms with Crippen LogP contribution in [0.5, 0.6) is 0 Å². The minimum atomic E-state index is -1.28. The average molecular weight is 536 g/mol. The summed E-state index contributed by atoms with van der Waals surface area (Å²) in [4.78, 5) is 44.8. The number of carbonyl (C=O) groups is 3. The van der Waals surface area contributed by atoms with Gasteiger partial charge in [0.1, 0.15) is 29.7 Å². The Balaban J connectivity index is 1.35. The fraction of sp³-hybridized carbons (Fsp3) is 0.536. The summed E-state index contributed by atoms with van der Waals surface area (Å²) < 4.78 is 13.7. The molecule has 11 nitrogen and oxygen atoms in total. The summed E-state index contributed by atoms with van der Waals surface area (Å²) in [7, 11) is 0. The standard InChI is InChI=1S/C28H33N5O6/c34-16-7-2-1-6-15-32-24-26(36)31(18-33-20-11-4-3-10-19(20)29-30-33)14-9-13-28(24)23(25(32)35)22-21(39-28)12-5-8-17-38-27(22)37/h3-5,9-13,21-24,34H,1-2,6-8,14-18H2/t21-,22+,23+,24?,28+/m1/s1. The molecule has 4 aliphatic heterocycles. The van der Waals surface area contributed by atoms with Gasteiger partial charge in [-0.2, -0.15) is 0 Å². The number of ether oxygens (including phenoxy) is 2. The molecule has 39 heavy (non-hydrogen) atoms. The van der Waals surface area contributed by atoms with Crippen LogP contribution in [0.2, 0.25) is 0 Å².